The number of nitrogens with one attached hydrogen (secondary N) is 1. The summed E-state index contributed by atoms with van der Waals surface area (Å²) in [5.74, 6) is 0.678. The number of rotatable bonds is 4. The second-order valence-corrected chi connectivity index (χ2v) is 4.88. The normalized spacial score (nSPS) is 12.7. The van der Waals surface area contributed by atoms with Gasteiger partial charge in [-0.1, -0.05) is 22.9 Å². The second-order valence-electron chi connectivity index (χ2n) is 3.97. The molecule has 2 aromatic rings. The molecule has 2 rings (SSSR count). The maximum Gasteiger partial charge on any atom is 0.211 e. The Labute approximate surface area is 114 Å². The first kappa shape index (κ1) is 13.2. The fourth-order valence-electron chi connectivity index (χ4n) is 1.70. The number of halogens is 2. The Morgan fingerprint density at radius 3 is 2.94 bits per heavy atom. The summed E-state index contributed by atoms with van der Waals surface area (Å²) >= 11 is 3.22. The van der Waals surface area contributed by atoms with Crippen LogP contribution in [0.25, 0.3) is 11.3 Å². The van der Waals surface area contributed by atoms with Crippen LogP contribution in [0.1, 0.15) is 25.8 Å². The van der Waals surface area contributed by atoms with E-state index in [1.54, 1.807) is 18.3 Å². The van der Waals surface area contributed by atoms with E-state index >= 15 is 0 Å². The van der Waals surface area contributed by atoms with Crippen LogP contribution in [0.5, 0.6) is 0 Å². The number of hydrogen-bond acceptors (Lipinski definition) is 3. The van der Waals surface area contributed by atoms with Crippen molar-refractivity contribution in [3.8, 4) is 11.3 Å². The Bertz CT molecular complexity index is 542. The lowest BCUT2D eigenvalue weighted by Gasteiger charge is -2.06. The molecule has 0 aliphatic carbocycles. The van der Waals surface area contributed by atoms with Gasteiger partial charge in [0, 0.05) is 4.47 Å². The maximum absolute atomic E-state index is 13.8. The van der Waals surface area contributed by atoms with Crippen LogP contribution in [0.4, 0.5) is 4.39 Å². The SMILES string of the molecule is CCNC(C)c1ncc(-c2ccc(Br)cc2F)o1. The number of benzene rings is 1. The molecule has 1 unspecified atom stereocenters. The predicted octanol–water partition coefficient (Wildman–Crippen LogP) is 3.91. The smallest absolute Gasteiger partial charge is 0.211 e. The summed E-state index contributed by atoms with van der Waals surface area (Å²) < 4.78 is 20.0. The van der Waals surface area contributed by atoms with Crippen molar-refractivity contribution < 1.29 is 8.81 Å². The average Bonchev–Trinajstić information content (AvgIpc) is 2.78. The van der Waals surface area contributed by atoms with Gasteiger partial charge in [0.25, 0.3) is 0 Å². The van der Waals surface area contributed by atoms with Gasteiger partial charge in [-0.05, 0) is 31.7 Å². The highest BCUT2D eigenvalue weighted by molar-refractivity contribution is 9.10. The fourth-order valence-corrected chi connectivity index (χ4v) is 2.03. The van der Waals surface area contributed by atoms with Gasteiger partial charge in [-0.2, -0.15) is 0 Å². The Hall–Kier alpha value is -1.20. The highest BCUT2D eigenvalue weighted by atomic mass is 79.9. The minimum absolute atomic E-state index is 0.0160. The summed E-state index contributed by atoms with van der Waals surface area (Å²) in [6.45, 7) is 4.79. The van der Waals surface area contributed by atoms with Crippen molar-refractivity contribution in [3.05, 3.63) is 40.6 Å². The van der Waals surface area contributed by atoms with E-state index in [1.165, 1.54) is 6.07 Å². The van der Waals surface area contributed by atoms with E-state index in [-0.39, 0.29) is 11.9 Å². The molecule has 3 nitrogen and oxygen atoms in total. The van der Waals surface area contributed by atoms with Gasteiger partial charge in [-0.25, -0.2) is 9.37 Å². The molecule has 0 amide bonds. The molecular formula is C13H14BrFN2O. The fraction of sp³-hybridized carbons (Fsp3) is 0.308. The molecule has 1 aromatic carbocycles. The molecule has 0 saturated carbocycles. The minimum atomic E-state index is -0.330. The number of nitrogens with zero attached hydrogens (tertiary/aromatic N) is 1. The van der Waals surface area contributed by atoms with Crippen molar-refractivity contribution in [3.63, 3.8) is 0 Å². The first-order valence-electron chi connectivity index (χ1n) is 5.76. The molecular weight excluding hydrogens is 299 g/mol. The minimum Gasteiger partial charge on any atom is -0.439 e. The van der Waals surface area contributed by atoms with Gasteiger partial charge in [0.1, 0.15) is 5.82 Å². The van der Waals surface area contributed by atoms with Crippen molar-refractivity contribution in [2.24, 2.45) is 0 Å². The standard InChI is InChI=1S/C13H14BrFN2O/c1-3-16-8(2)13-17-7-12(18-13)10-5-4-9(14)6-11(10)15/h4-8,16H,3H2,1-2H3. The lowest BCUT2D eigenvalue weighted by Crippen LogP contribution is -2.17. The van der Waals surface area contributed by atoms with E-state index in [2.05, 4.69) is 26.2 Å². The number of aromatic nitrogens is 1. The van der Waals surface area contributed by atoms with Crippen molar-refractivity contribution >= 4 is 15.9 Å². The molecule has 1 heterocycles. The topological polar surface area (TPSA) is 38.1 Å². The molecule has 0 aliphatic heterocycles. The van der Waals surface area contributed by atoms with Crippen LogP contribution in [-0.4, -0.2) is 11.5 Å². The Morgan fingerprint density at radius 2 is 2.28 bits per heavy atom. The largest absolute Gasteiger partial charge is 0.439 e. The van der Waals surface area contributed by atoms with Gasteiger partial charge in [-0.15, -0.1) is 0 Å². The van der Waals surface area contributed by atoms with Crippen LogP contribution < -0.4 is 5.32 Å². The van der Waals surface area contributed by atoms with Crippen molar-refractivity contribution in [2.45, 2.75) is 19.9 Å². The maximum atomic E-state index is 13.8. The molecule has 0 fully saturated rings. The molecule has 1 atom stereocenters. The van der Waals surface area contributed by atoms with Crippen LogP contribution in [0.15, 0.2) is 33.3 Å². The van der Waals surface area contributed by atoms with E-state index in [1.807, 2.05) is 13.8 Å². The third-order valence-corrected chi connectivity index (χ3v) is 3.09. The predicted molar refractivity (Wildman–Crippen MR) is 71.7 cm³/mol. The van der Waals surface area contributed by atoms with Gasteiger partial charge >= 0.3 is 0 Å². The quantitative estimate of drug-likeness (QED) is 0.930. The zero-order chi connectivity index (χ0) is 13.1. The van der Waals surface area contributed by atoms with E-state index < -0.39 is 0 Å². The Morgan fingerprint density at radius 1 is 1.50 bits per heavy atom. The molecule has 96 valence electrons. The molecule has 0 saturated heterocycles. The number of hydrogen-bond donors (Lipinski definition) is 1. The number of oxazole rings is 1. The van der Waals surface area contributed by atoms with E-state index in [4.69, 9.17) is 4.42 Å². The van der Waals surface area contributed by atoms with Gasteiger partial charge in [0.05, 0.1) is 17.8 Å². The molecule has 1 aromatic heterocycles. The van der Waals surface area contributed by atoms with E-state index in [0.29, 0.717) is 21.7 Å². The molecule has 0 aliphatic rings. The molecule has 0 bridgehead atoms. The lowest BCUT2D eigenvalue weighted by atomic mass is 10.2. The third kappa shape index (κ3) is 2.79. The van der Waals surface area contributed by atoms with Crippen LogP contribution >= 0.6 is 15.9 Å². The third-order valence-electron chi connectivity index (χ3n) is 2.60. The molecule has 5 heteroatoms. The monoisotopic (exact) mass is 312 g/mol. The summed E-state index contributed by atoms with van der Waals surface area (Å²) in [5, 5.41) is 3.19. The summed E-state index contributed by atoms with van der Waals surface area (Å²) in [6, 6.07) is 4.86. The van der Waals surface area contributed by atoms with Crippen molar-refractivity contribution in [1.29, 1.82) is 0 Å². The summed E-state index contributed by atoms with van der Waals surface area (Å²) in [5.41, 5.74) is 0.417. The molecule has 18 heavy (non-hydrogen) atoms. The highest BCUT2D eigenvalue weighted by Crippen LogP contribution is 2.27. The first-order chi connectivity index (χ1) is 8.61. The lowest BCUT2D eigenvalue weighted by molar-refractivity contribution is 0.427. The van der Waals surface area contributed by atoms with Gasteiger partial charge in [0.2, 0.25) is 5.89 Å². The van der Waals surface area contributed by atoms with Crippen LogP contribution in [0.2, 0.25) is 0 Å². The highest BCUT2D eigenvalue weighted by Gasteiger charge is 2.14. The van der Waals surface area contributed by atoms with Crippen molar-refractivity contribution in [2.75, 3.05) is 6.54 Å². The Balaban J connectivity index is 2.29. The zero-order valence-electron chi connectivity index (χ0n) is 10.2. The summed E-state index contributed by atoms with van der Waals surface area (Å²) in [7, 11) is 0. The van der Waals surface area contributed by atoms with Crippen molar-refractivity contribution in [1.82, 2.24) is 10.3 Å². The average molecular weight is 313 g/mol. The zero-order valence-corrected chi connectivity index (χ0v) is 11.8. The van der Waals surface area contributed by atoms with E-state index in [0.717, 1.165) is 6.54 Å². The summed E-state index contributed by atoms with van der Waals surface area (Å²) in [6.07, 6.45) is 1.55. The first-order valence-corrected chi connectivity index (χ1v) is 6.55. The molecule has 0 spiro atoms. The molecule has 0 radical (unpaired) electrons. The Kier molecular flexibility index (Phi) is 4.14. The van der Waals surface area contributed by atoms with Crippen LogP contribution in [-0.2, 0) is 0 Å². The second kappa shape index (κ2) is 5.63. The summed E-state index contributed by atoms with van der Waals surface area (Å²) in [4.78, 5) is 4.17. The van der Waals surface area contributed by atoms with Gasteiger partial charge in [-0.3, -0.25) is 0 Å². The van der Waals surface area contributed by atoms with Crippen LogP contribution in [0, 0.1) is 5.82 Å². The van der Waals surface area contributed by atoms with E-state index in [9.17, 15) is 4.39 Å². The molecule has 1 N–H and O–H groups in total. The van der Waals surface area contributed by atoms with Gasteiger partial charge < -0.3 is 9.73 Å². The van der Waals surface area contributed by atoms with Gasteiger partial charge in [0.15, 0.2) is 5.76 Å². The van der Waals surface area contributed by atoms with Crippen LogP contribution in [0.3, 0.4) is 0 Å².